The van der Waals surface area contributed by atoms with Crippen LogP contribution in [0.15, 0.2) is 36.4 Å². The molecule has 0 spiro atoms. The standard InChI is InChI=1S/C20H19NO8/c1-10(22)27-19(28-11(2)23)20-9-8-14(29-20)15-16(20)18(25)21(17(15)24)12-4-6-13(26-3)7-5-12/h4-9,14-16,19H,1-3H3/t14-,15+,16+,20-/m0/s1. The number of methoxy groups -OCH3 is 1. The summed E-state index contributed by atoms with van der Waals surface area (Å²) in [5.41, 5.74) is -1.16. The van der Waals surface area contributed by atoms with Crippen LogP contribution in [0.3, 0.4) is 0 Å². The maximum Gasteiger partial charge on any atom is 0.305 e. The smallest absolute Gasteiger partial charge is 0.305 e. The summed E-state index contributed by atoms with van der Waals surface area (Å²) in [7, 11) is 1.51. The van der Waals surface area contributed by atoms with E-state index in [1.165, 1.54) is 13.2 Å². The van der Waals surface area contributed by atoms with Crippen LogP contribution in [-0.4, -0.2) is 48.9 Å². The Morgan fingerprint density at radius 2 is 1.69 bits per heavy atom. The van der Waals surface area contributed by atoms with Crippen molar-refractivity contribution in [2.45, 2.75) is 31.8 Å². The second-order valence-corrected chi connectivity index (χ2v) is 7.06. The topological polar surface area (TPSA) is 108 Å². The highest BCUT2D eigenvalue weighted by Gasteiger charge is 2.72. The number of imide groups is 1. The number of anilines is 1. The van der Waals surface area contributed by atoms with Gasteiger partial charge in [0.15, 0.2) is 5.60 Å². The number of fused-ring (bicyclic) bond motifs is 5. The summed E-state index contributed by atoms with van der Waals surface area (Å²) in [6, 6.07) is 6.50. The largest absolute Gasteiger partial charge is 0.497 e. The number of hydrogen-bond acceptors (Lipinski definition) is 8. The SMILES string of the molecule is COc1ccc(N2C(=O)[C@@H]3[C@@H]4C=C[C@](C(OC(C)=O)OC(C)=O)(O4)[C@H]3C2=O)cc1. The van der Waals surface area contributed by atoms with Crippen LogP contribution in [0.2, 0.25) is 0 Å². The van der Waals surface area contributed by atoms with E-state index in [0.717, 1.165) is 18.7 Å². The summed E-state index contributed by atoms with van der Waals surface area (Å²) in [6.07, 6.45) is 0.997. The Morgan fingerprint density at radius 3 is 2.24 bits per heavy atom. The zero-order valence-corrected chi connectivity index (χ0v) is 16.0. The Labute approximate surface area is 166 Å². The minimum Gasteiger partial charge on any atom is -0.497 e. The number of hydrogen-bond donors (Lipinski definition) is 0. The second-order valence-electron chi connectivity index (χ2n) is 7.06. The molecule has 4 atom stereocenters. The van der Waals surface area contributed by atoms with Crippen LogP contribution in [0.25, 0.3) is 0 Å². The van der Waals surface area contributed by atoms with E-state index < -0.39 is 53.6 Å². The third-order valence-electron chi connectivity index (χ3n) is 5.32. The first-order chi connectivity index (χ1) is 13.8. The van der Waals surface area contributed by atoms with Crippen molar-refractivity contribution in [3.8, 4) is 5.75 Å². The van der Waals surface area contributed by atoms with E-state index in [-0.39, 0.29) is 0 Å². The lowest BCUT2D eigenvalue weighted by Gasteiger charge is -2.34. The summed E-state index contributed by atoms with van der Waals surface area (Å²) in [5.74, 6) is -3.57. The first kappa shape index (κ1) is 19.1. The van der Waals surface area contributed by atoms with Crippen LogP contribution >= 0.6 is 0 Å². The van der Waals surface area contributed by atoms with Gasteiger partial charge in [0, 0.05) is 13.8 Å². The number of ether oxygens (including phenoxy) is 4. The van der Waals surface area contributed by atoms with Crippen LogP contribution in [0.5, 0.6) is 5.75 Å². The van der Waals surface area contributed by atoms with Gasteiger partial charge < -0.3 is 18.9 Å². The molecule has 3 heterocycles. The molecular formula is C20H19NO8. The van der Waals surface area contributed by atoms with E-state index in [0.29, 0.717) is 11.4 Å². The van der Waals surface area contributed by atoms with Gasteiger partial charge in [-0.05, 0) is 30.3 Å². The molecular weight excluding hydrogens is 382 g/mol. The Morgan fingerprint density at radius 1 is 1.07 bits per heavy atom. The molecule has 2 bridgehead atoms. The first-order valence-electron chi connectivity index (χ1n) is 9.02. The number of esters is 2. The molecule has 0 unspecified atom stereocenters. The van der Waals surface area contributed by atoms with Crippen LogP contribution in [0.1, 0.15) is 13.8 Å². The Balaban J connectivity index is 1.72. The molecule has 0 radical (unpaired) electrons. The normalized spacial score (nSPS) is 29.4. The molecule has 0 N–H and O–H groups in total. The van der Waals surface area contributed by atoms with E-state index in [2.05, 4.69) is 0 Å². The van der Waals surface area contributed by atoms with Crippen molar-refractivity contribution in [2.75, 3.05) is 12.0 Å². The van der Waals surface area contributed by atoms with E-state index in [4.69, 9.17) is 18.9 Å². The zero-order chi connectivity index (χ0) is 20.9. The lowest BCUT2D eigenvalue weighted by atomic mass is 9.76. The van der Waals surface area contributed by atoms with Crippen LogP contribution in [-0.2, 0) is 33.4 Å². The highest BCUT2D eigenvalue weighted by Crippen LogP contribution is 2.54. The summed E-state index contributed by atoms with van der Waals surface area (Å²) in [6.45, 7) is 2.31. The maximum absolute atomic E-state index is 13.3. The summed E-state index contributed by atoms with van der Waals surface area (Å²) < 4.78 is 21.4. The monoisotopic (exact) mass is 401 g/mol. The molecule has 9 heteroatoms. The molecule has 4 rings (SSSR count). The number of carbonyl (C=O) groups excluding carboxylic acids is 4. The van der Waals surface area contributed by atoms with Crippen LogP contribution in [0, 0.1) is 11.8 Å². The number of rotatable bonds is 5. The minimum absolute atomic E-state index is 0.390. The van der Waals surface area contributed by atoms with Crippen molar-refractivity contribution < 1.29 is 38.1 Å². The predicted molar refractivity (Wildman–Crippen MR) is 96.5 cm³/mol. The summed E-state index contributed by atoms with van der Waals surface area (Å²) in [4.78, 5) is 50.6. The van der Waals surface area contributed by atoms with Crippen molar-refractivity contribution in [2.24, 2.45) is 11.8 Å². The molecule has 9 nitrogen and oxygen atoms in total. The number of amides is 2. The highest BCUT2D eigenvalue weighted by atomic mass is 16.7. The van der Waals surface area contributed by atoms with Gasteiger partial charge in [-0.15, -0.1) is 0 Å². The fourth-order valence-corrected chi connectivity index (χ4v) is 4.20. The molecule has 3 aliphatic heterocycles. The molecule has 29 heavy (non-hydrogen) atoms. The zero-order valence-electron chi connectivity index (χ0n) is 16.0. The molecule has 2 fully saturated rings. The van der Waals surface area contributed by atoms with Gasteiger partial charge in [0.25, 0.3) is 6.29 Å². The summed E-state index contributed by atoms with van der Waals surface area (Å²) >= 11 is 0. The van der Waals surface area contributed by atoms with Crippen LogP contribution in [0.4, 0.5) is 5.69 Å². The first-order valence-corrected chi connectivity index (χ1v) is 9.02. The van der Waals surface area contributed by atoms with Crippen molar-refractivity contribution >= 4 is 29.4 Å². The van der Waals surface area contributed by atoms with Gasteiger partial charge in [-0.1, -0.05) is 6.08 Å². The van der Waals surface area contributed by atoms with Crippen molar-refractivity contribution in [3.63, 3.8) is 0 Å². The molecule has 3 aliphatic rings. The molecule has 0 aliphatic carbocycles. The van der Waals surface area contributed by atoms with E-state index in [1.807, 2.05) is 0 Å². The van der Waals surface area contributed by atoms with Crippen molar-refractivity contribution in [3.05, 3.63) is 36.4 Å². The lowest BCUT2D eigenvalue weighted by Crippen LogP contribution is -2.52. The third kappa shape index (κ3) is 2.80. The van der Waals surface area contributed by atoms with E-state index in [9.17, 15) is 19.2 Å². The molecule has 1 aromatic rings. The number of nitrogens with zero attached hydrogens (tertiary/aromatic N) is 1. The van der Waals surface area contributed by atoms with Gasteiger partial charge in [0.05, 0.1) is 30.7 Å². The van der Waals surface area contributed by atoms with Gasteiger partial charge in [-0.3, -0.25) is 19.2 Å². The molecule has 0 aromatic heterocycles. The molecule has 0 saturated carbocycles. The third-order valence-corrected chi connectivity index (χ3v) is 5.32. The lowest BCUT2D eigenvalue weighted by molar-refractivity contribution is -0.226. The molecule has 152 valence electrons. The van der Waals surface area contributed by atoms with Crippen LogP contribution < -0.4 is 9.64 Å². The number of carbonyl (C=O) groups is 4. The van der Waals surface area contributed by atoms with Crippen molar-refractivity contribution in [1.29, 1.82) is 0 Å². The average molecular weight is 401 g/mol. The van der Waals surface area contributed by atoms with Gasteiger partial charge in [-0.2, -0.15) is 0 Å². The highest BCUT2D eigenvalue weighted by molar-refractivity contribution is 6.23. The van der Waals surface area contributed by atoms with Gasteiger partial charge >= 0.3 is 11.9 Å². The Bertz CT molecular complexity index is 907. The average Bonchev–Trinajstić information content (AvgIpc) is 3.32. The van der Waals surface area contributed by atoms with Gasteiger partial charge in [-0.25, -0.2) is 4.90 Å². The molecule has 2 saturated heterocycles. The molecule has 2 amide bonds. The summed E-state index contributed by atoms with van der Waals surface area (Å²) in [5, 5.41) is 0. The molecule has 1 aromatic carbocycles. The fourth-order valence-electron chi connectivity index (χ4n) is 4.20. The van der Waals surface area contributed by atoms with Gasteiger partial charge in [0.1, 0.15) is 5.75 Å². The number of benzene rings is 1. The predicted octanol–water partition coefficient (Wildman–Crippen LogP) is 0.960. The Kier molecular flexibility index (Phi) is 4.42. The van der Waals surface area contributed by atoms with Crippen molar-refractivity contribution in [1.82, 2.24) is 0 Å². The van der Waals surface area contributed by atoms with E-state index in [1.54, 1.807) is 30.3 Å². The minimum atomic E-state index is -1.55. The maximum atomic E-state index is 13.3. The quantitative estimate of drug-likeness (QED) is 0.311. The van der Waals surface area contributed by atoms with E-state index >= 15 is 0 Å². The van der Waals surface area contributed by atoms with Gasteiger partial charge in [0.2, 0.25) is 11.8 Å². The second kappa shape index (κ2) is 6.70. The fraction of sp³-hybridized carbons (Fsp3) is 0.400. The Hall–Kier alpha value is -3.20.